The zero-order valence-corrected chi connectivity index (χ0v) is 58.7. The highest BCUT2D eigenvalue weighted by Crippen LogP contribution is 2.72. The number of rotatable bonds is 0. The molecule has 5 aliphatic heterocycles. The smallest absolute Gasteiger partial charge is 0.177 e. The van der Waals surface area contributed by atoms with E-state index in [1.165, 1.54) is 132 Å². The molecular formula is C84H118O11. The lowest BCUT2D eigenvalue weighted by Gasteiger charge is -2.62. The van der Waals surface area contributed by atoms with Gasteiger partial charge in [-0.2, -0.15) is 0 Å². The lowest BCUT2D eigenvalue weighted by atomic mass is 9.46. The van der Waals surface area contributed by atoms with Gasteiger partial charge in [-0.1, -0.05) is 81.4 Å². The predicted molar refractivity (Wildman–Crippen MR) is 364 cm³/mol. The minimum absolute atomic E-state index is 0.00772. The number of fused-ring (bicyclic) bond motifs is 17. The van der Waals surface area contributed by atoms with Gasteiger partial charge in [0.25, 0.3) is 0 Å². The first-order chi connectivity index (χ1) is 45.7. The van der Waals surface area contributed by atoms with E-state index in [4.69, 9.17) is 28.4 Å². The van der Waals surface area contributed by atoms with Crippen molar-refractivity contribution in [1.29, 1.82) is 0 Å². The average molecular weight is 1300 g/mol. The van der Waals surface area contributed by atoms with Crippen molar-refractivity contribution in [3.8, 4) is 0 Å². The second kappa shape index (κ2) is 23.0. The Labute approximate surface area is 568 Å². The molecule has 520 valence electrons. The van der Waals surface area contributed by atoms with E-state index in [0.29, 0.717) is 70.9 Å². The lowest BCUT2D eigenvalue weighted by molar-refractivity contribution is -0.258. The molecule has 11 nitrogen and oxygen atoms in total. The third-order valence-electron chi connectivity index (χ3n) is 35.1. The fraction of sp³-hybridized carbons (Fsp3) is 0.833. The number of aliphatic hydroxyl groups excluding tert-OH is 3. The summed E-state index contributed by atoms with van der Waals surface area (Å²) < 4.78 is 36.8. The number of allylic oxidation sites excluding steroid dienone is 3. The third kappa shape index (κ3) is 9.23. The summed E-state index contributed by atoms with van der Waals surface area (Å²) in [4.78, 5) is 24.8. The first-order valence-corrected chi connectivity index (χ1v) is 39.6. The Bertz CT molecular complexity index is 3160. The predicted octanol–water partition coefficient (Wildman–Crippen LogP) is 14.8. The minimum atomic E-state index is -0.407. The SMILES string of the molecule is C=C1C=C2CCC3C(CCC4(C)C(O)CCC34)C23COCC1C3.C=C1C=C2CCC3C4CCC(=O)C4(C)CCC3C23COCC1C3.CC12CCC3C(CC=C4CC5(OCCO5)C5COCC43C5)C1CCC2O.CC12CCC3C(CCC4=CC(=O)C5COCC43C5)C1CCC2O. The zero-order valence-electron chi connectivity index (χ0n) is 58.7. The van der Waals surface area contributed by atoms with E-state index < -0.39 is 5.79 Å². The monoisotopic (exact) mass is 1300 g/mol. The Kier molecular flexibility index (Phi) is 15.6. The number of aliphatic hydroxyl groups is 3. The number of hydrogen-bond acceptors (Lipinski definition) is 11. The van der Waals surface area contributed by atoms with Crippen LogP contribution in [-0.4, -0.2) is 117 Å². The Balaban J connectivity index is 0.0000000928. The summed E-state index contributed by atoms with van der Waals surface area (Å²) in [6.45, 7) is 26.1. The number of Topliss-reactive ketones (excluding diaryl/α,β-unsaturated/α-hetero) is 1. The maximum atomic E-state index is 12.5. The van der Waals surface area contributed by atoms with E-state index in [0.717, 1.165) is 165 Å². The van der Waals surface area contributed by atoms with Crippen LogP contribution in [0.4, 0.5) is 0 Å². The Morgan fingerprint density at radius 1 is 0.421 bits per heavy atom. The normalized spacial score (nSPS) is 53.9. The Hall–Kier alpha value is -2.58. The molecule has 11 heteroatoms. The number of hydrogen-bond donors (Lipinski definition) is 3. The van der Waals surface area contributed by atoms with E-state index in [9.17, 15) is 24.9 Å². The summed E-state index contributed by atoms with van der Waals surface area (Å²) in [7, 11) is 0. The molecule has 5 spiro atoms. The van der Waals surface area contributed by atoms with Crippen LogP contribution >= 0.6 is 0 Å². The van der Waals surface area contributed by atoms with Gasteiger partial charge in [0.15, 0.2) is 11.6 Å². The molecular weight excluding hydrogens is 1180 g/mol. The topological polar surface area (TPSA) is 150 Å². The highest BCUT2D eigenvalue weighted by Gasteiger charge is 2.68. The van der Waals surface area contributed by atoms with E-state index in [2.05, 4.69) is 59.1 Å². The van der Waals surface area contributed by atoms with Crippen molar-refractivity contribution in [3.63, 3.8) is 0 Å². The van der Waals surface area contributed by atoms with Gasteiger partial charge in [-0.05, 0) is 271 Å². The summed E-state index contributed by atoms with van der Waals surface area (Å²) in [6.07, 6.45) is 41.6. The molecule has 17 fully saturated rings. The van der Waals surface area contributed by atoms with Crippen LogP contribution in [0.3, 0.4) is 0 Å². The first-order valence-electron chi connectivity index (χ1n) is 39.6. The zero-order chi connectivity index (χ0) is 65.0. The summed E-state index contributed by atoms with van der Waals surface area (Å²) in [5.41, 5.74) is 10.3. The maximum Gasteiger partial charge on any atom is 0.177 e. The van der Waals surface area contributed by atoms with Gasteiger partial charge in [0.05, 0.1) is 84.4 Å². The molecule has 0 aromatic heterocycles. The van der Waals surface area contributed by atoms with Gasteiger partial charge >= 0.3 is 0 Å². The second-order valence-corrected chi connectivity index (χ2v) is 38.0. The fourth-order valence-electron chi connectivity index (χ4n) is 30.0. The molecule has 0 radical (unpaired) electrons. The first kappa shape index (κ1) is 64.5. The van der Waals surface area contributed by atoms with Gasteiger partial charge in [-0.15, -0.1) is 0 Å². The van der Waals surface area contributed by atoms with Gasteiger partial charge in [0, 0.05) is 63.6 Å². The number of ether oxygens (including phenoxy) is 6. The minimum Gasteiger partial charge on any atom is -0.393 e. The average Bonchev–Trinajstić information content (AvgIpc) is 1.69. The van der Waals surface area contributed by atoms with Crippen LogP contribution in [-0.2, 0) is 38.0 Å². The van der Waals surface area contributed by atoms with Crippen molar-refractivity contribution in [2.75, 3.05) is 66.1 Å². The molecule has 0 amide bonds. The van der Waals surface area contributed by atoms with Crippen LogP contribution in [0, 0.1) is 138 Å². The van der Waals surface area contributed by atoms with E-state index >= 15 is 0 Å². The number of ketones is 2. The van der Waals surface area contributed by atoms with Crippen molar-refractivity contribution in [1.82, 2.24) is 0 Å². The highest BCUT2D eigenvalue weighted by atomic mass is 16.7. The van der Waals surface area contributed by atoms with E-state index in [-0.39, 0.29) is 62.1 Å². The maximum absolute atomic E-state index is 12.5. The van der Waals surface area contributed by atoms with Crippen LogP contribution in [0.2, 0.25) is 0 Å². The molecule has 21 rings (SSSR count). The largest absolute Gasteiger partial charge is 0.393 e. The van der Waals surface area contributed by atoms with E-state index in [1.54, 1.807) is 16.7 Å². The van der Waals surface area contributed by atoms with Crippen LogP contribution < -0.4 is 0 Å². The molecule has 5 heterocycles. The third-order valence-corrected chi connectivity index (χ3v) is 35.1. The fourth-order valence-corrected chi connectivity index (χ4v) is 30.0. The van der Waals surface area contributed by atoms with Gasteiger partial charge in [0.2, 0.25) is 0 Å². The van der Waals surface area contributed by atoms with E-state index in [1.807, 2.05) is 6.08 Å². The number of carbonyl (C=O) groups is 2. The molecule has 95 heavy (non-hydrogen) atoms. The molecule has 12 saturated carbocycles. The quantitative estimate of drug-likeness (QED) is 0.199. The Morgan fingerprint density at radius 3 is 1.36 bits per heavy atom. The summed E-state index contributed by atoms with van der Waals surface area (Å²) in [5, 5.41) is 31.8. The van der Waals surface area contributed by atoms with Crippen molar-refractivity contribution >= 4 is 11.6 Å². The van der Waals surface area contributed by atoms with Gasteiger partial charge in [-0.25, -0.2) is 0 Å². The summed E-state index contributed by atoms with van der Waals surface area (Å²) >= 11 is 0. The molecule has 5 saturated heterocycles. The van der Waals surface area contributed by atoms with Gasteiger partial charge < -0.3 is 43.7 Å². The van der Waals surface area contributed by atoms with Crippen molar-refractivity contribution in [3.05, 3.63) is 70.9 Å². The van der Waals surface area contributed by atoms with Crippen molar-refractivity contribution in [2.24, 2.45) is 138 Å². The summed E-state index contributed by atoms with van der Waals surface area (Å²) in [6, 6.07) is 0. The molecule has 8 bridgehead atoms. The molecule has 27 atom stereocenters. The van der Waals surface area contributed by atoms with Crippen LogP contribution in [0.5, 0.6) is 0 Å². The van der Waals surface area contributed by atoms with Gasteiger partial charge in [0.1, 0.15) is 5.78 Å². The highest BCUT2D eigenvalue weighted by molar-refractivity contribution is 5.94. The molecule has 16 aliphatic carbocycles. The van der Waals surface area contributed by atoms with Crippen molar-refractivity contribution in [2.45, 2.75) is 232 Å². The van der Waals surface area contributed by atoms with Crippen LogP contribution in [0.25, 0.3) is 0 Å². The molecule has 0 aromatic carbocycles. The molecule has 3 N–H and O–H groups in total. The molecule has 21 aliphatic rings. The second-order valence-electron chi connectivity index (χ2n) is 38.0. The van der Waals surface area contributed by atoms with Gasteiger partial charge in [-0.3, -0.25) is 9.59 Å². The number of carbonyl (C=O) groups excluding carboxylic acids is 2. The lowest BCUT2D eigenvalue weighted by Crippen LogP contribution is -2.61. The molecule has 27 unspecified atom stereocenters. The van der Waals surface area contributed by atoms with Crippen molar-refractivity contribution < 1.29 is 53.3 Å². The van der Waals surface area contributed by atoms with Crippen LogP contribution in [0.15, 0.2) is 70.9 Å². The summed E-state index contributed by atoms with van der Waals surface area (Å²) in [5.74, 6) is 10.6. The molecule has 0 aromatic rings. The Morgan fingerprint density at radius 2 is 0.842 bits per heavy atom. The van der Waals surface area contributed by atoms with Crippen LogP contribution in [0.1, 0.15) is 207 Å². The standard InChI is InChI=1S/C22H32O4.C21H30O2.C21H28O2.C20H28O3/c1-20-7-6-18-16(17(20)4-5-19(20)23)3-2-14-11-22(25-8-9-26-22)15-10-21(14,18)13-24-12-15;2*1-13-9-15-3-4-16-17-5-6-19(22)20(17,2)8-7-18(16)21(15)10-14(13)11-23-12-21;1-19-7-6-16-14(15(19)4-5-18(19)22)3-2-13-8-17(21)12-9-20(13,16)11-23-10-12/h2,15-19,23H,3-13H2,1H3;9,14,16-19,22H,1,3-8,10-12H2,2H3;9,14,16-18H,1,3-8,10-12H2,2H3;8,12,14-16,18,22H,2-7,9-11H2,1H3.